The topological polar surface area (TPSA) is 92.8 Å². The van der Waals surface area contributed by atoms with Gasteiger partial charge in [-0.1, -0.05) is 11.3 Å². The second-order valence-electron chi connectivity index (χ2n) is 5.00. The predicted octanol–water partition coefficient (Wildman–Crippen LogP) is 2.72. The summed E-state index contributed by atoms with van der Waals surface area (Å²) in [5.74, 6) is -0.352. The molecule has 1 amide bonds. The summed E-state index contributed by atoms with van der Waals surface area (Å²) in [7, 11) is 0. The maximum absolute atomic E-state index is 13.6. The summed E-state index contributed by atoms with van der Waals surface area (Å²) in [6.45, 7) is 0.0487. The summed E-state index contributed by atoms with van der Waals surface area (Å²) >= 11 is 0. The van der Waals surface area contributed by atoms with Crippen molar-refractivity contribution >= 4 is 11.6 Å². The molecule has 0 atom stereocenters. The average Bonchev–Trinajstić information content (AvgIpc) is 3.10. The molecule has 0 aliphatic rings. The number of carbonyl (C=O) groups is 1. The number of amides is 1. The monoisotopic (exact) mass is 337 g/mol. The molecule has 0 bridgehead atoms. The second kappa shape index (κ2) is 7.23. The lowest BCUT2D eigenvalue weighted by atomic mass is 10.2. The molecule has 0 aliphatic carbocycles. The Labute approximate surface area is 142 Å². The van der Waals surface area contributed by atoms with Crippen LogP contribution in [0.3, 0.4) is 0 Å². The van der Waals surface area contributed by atoms with Gasteiger partial charge in [0.1, 0.15) is 35.5 Å². The van der Waals surface area contributed by atoms with E-state index in [0.717, 1.165) is 0 Å². The van der Waals surface area contributed by atoms with Crippen LogP contribution < -0.4 is 10.1 Å². The van der Waals surface area contributed by atoms with Crippen molar-refractivity contribution in [3.63, 3.8) is 0 Å². The fourth-order valence-corrected chi connectivity index (χ4v) is 2.10. The van der Waals surface area contributed by atoms with Gasteiger partial charge in [-0.25, -0.2) is 9.07 Å². The summed E-state index contributed by atoms with van der Waals surface area (Å²) in [5.41, 5.74) is 0.407. The number of hydrogen-bond donors (Lipinski definition) is 1. The Morgan fingerprint density at radius 2 is 2.08 bits per heavy atom. The number of rotatable bonds is 5. The van der Waals surface area contributed by atoms with Gasteiger partial charge in [-0.2, -0.15) is 5.26 Å². The second-order valence-corrected chi connectivity index (χ2v) is 5.00. The van der Waals surface area contributed by atoms with Gasteiger partial charge in [0.15, 0.2) is 0 Å². The van der Waals surface area contributed by atoms with Gasteiger partial charge in [0.2, 0.25) is 5.91 Å². The van der Waals surface area contributed by atoms with E-state index in [4.69, 9.17) is 10.00 Å². The molecular weight excluding hydrogens is 325 g/mol. The summed E-state index contributed by atoms with van der Waals surface area (Å²) in [6.07, 6.45) is 3.07. The molecule has 3 rings (SSSR count). The van der Waals surface area contributed by atoms with Gasteiger partial charge in [-0.15, -0.1) is 5.10 Å². The van der Waals surface area contributed by atoms with Gasteiger partial charge in [-0.05, 0) is 36.4 Å². The first-order valence-corrected chi connectivity index (χ1v) is 7.26. The van der Waals surface area contributed by atoms with E-state index in [1.165, 1.54) is 29.1 Å². The molecule has 0 radical (unpaired) electrons. The van der Waals surface area contributed by atoms with E-state index in [1.807, 2.05) is 0 Å². The highest BCUT2D eigenvalue weighted by atomic mass is 19.1. The van der Waals surface area contributed by atoms with Gasteiger partial charge in [0.25, 0.3) is 0 Å². The smallest absolute Gasteiger partial charge is 0.246 e. The number of carbonyl (C=O) groups excluding carboxylic acids is 1. The Kier molecular flexibility index (Phi) is 4.67. The summed E-state index contributed by atoms with van der Waals surface area (Å²) < 4.78 is 20.5. The Balaban J connectivity index is 1.66. The molecule has 8 heteroatoms. The van der Waals surface area contributed by atoms with E-state index >= 15 is 0 Å². The van der Waals surface area contributed by atoms with Gasteiger partial charge in [0.05, 0.1) is 6.20 Å². The SMILES string of the molecule is N#Cc1c(F)cccc1Oc1ccc(NC(=O)Cn2ccnn2)cc1. The van der Waals surface area contributed by atoms with Crippen LogP contribution >= 0.6 is 0 Å². The van der Waals surface area contributed by atoms with Crippen molar-refractivity contribution in [2.24, 2.45) is 0 Å². The molecule has 3 aromatic rings. The number of nitriles is 1. The van der Waals surface area contributed by atoms with E-state index in [1.54, 1.807) is 36.5 Å². The van der Waals surface area contributed by atoms with Crippen LogP contribution in [0.2, 0.25) is 0 Å². The normalized spacial score (nSPS) is 10.1. The minimum atomic E-state index is -0.642. The number of nitrogens with zero attached hydrogens (tertiary/aromatic N) is 4. The number of aromatic nitrogens is 3. The van der Waals surface area contributed by atoms with E-state index in [0.29, 0.717) is 11.4 Å². The highest BCUT2D eigenvalue weighted by molar-refractivity contribution is 5.90. The van der Waals surface area contributed by atoms with Crippen LogP contribution in [0.25, 0.3) is 0 Å². The Morgan fingerprint density at radius 1 is 1.28 bits per heavy atom. The Morgan fingerprint density at radius 3 is 2.76 bits per heavy atom. The van der Waals surface area contributed by atoms with E-state index in [-0.39, 0.29) is 23.8 Å². The van der Waals surface area contributed by atoms with E-state index in [9.17, 15) is 9.18 Å². The molecule has 0 saturated carbocycles. The minimum Gasteiger partial charge on any atom is -0.456 e. The fourth-order valence-electron chi connectivity index (χ4n) is 2.10. The third-order valence-corrected chi connectivity index (χ3v) is 3.23. The zero-order valence-electron chi connectivity index (χ0n) is 12.9. The molecular formula is C17H12FN5O2. The first-order valence-electron chi connectivity index (χ1n) is 7.26. The van der Waals surface area contributed by atoms with Crippen molar-refractivity contribution in [2.45, 2.75) is 6.54 Å². The van der Waals surface area contributed by atoms with Crippen LogP contribution in [0.5, 0.6) is 11.5 Å². The molecule has 0 unspecified atom stereocenters. The Hall–Kier alpha value is -3.73. The van der Waals surface area contributed by atoms with Gasteiger partial charge < -0.3 is 10.1 Å². The number of anilines is 1. The number of benzene rings is 2. The Bertz CT molecular complexity index is 917. The molecule has 1 N–H and O–H groups in total. The van der Waals surface area contributed by atoms with Crippen molar-refractivity contribution < 1.29 is 13.9 Å². The van der Waals surface area contributed by atoms with Crippen molar-refractivity contribution in [1.82, 2.24) is 15.0 Å². The van der Waals surface area contributed by atoms with Crippen molar-refractivity contribution in [2.75, 3.05) is 5.32 Å². The molecule has 1 heterocycles. The van der Waals surface area contributed by atoms with Crippen LogP contribution in [0.1, 0.15) is 5.56 Å². The fraction of sp³-hybridized carbons (Fsp3) is 0.0588. The van der Waals surface area contributed by atoms with Gasteiger partial charge >= 0.3 is 0 Å². The van der Waals surface area contributed by atoms with Crippen LogP contribution in [-0.2, 0) is 11.3 Å². The molecule has 7 nitrogen and oxygen atoms in total. The summed E-state index contributed by atoms with van der Waals surface area (Å²) in [4.78, 5) is 11.9. The molecule has 2 aromatic carbocycles. The average molecular weight is 337 g/mol. The van der Waals surface area contributed by atoms with Crippen LogP contribution in [0.15, 0.2) is 54.9 Å². The lowest BCUT2D eigenvalue weighted by Crippen LogP contribution is -2.19. The van der Waals surface area contributed by atoms with Crippen molar-refractivity contribution in [1.29, 1.82) is 5.26 Å². The minimum absolute atomic E-state index is 0.0487. The highest BCUT2D eigenvalue weighted by Gasteiger charge is 2.10. The third kappa shape index (κ3) is 3.97. The van der Waals surface area contributed by atoms with Crippen molar-refractivity contribution in [3.8, 4) is 17.6 Å². The lowest BCUT2D eigenvalue weighted by Gasteiger charge is -2.09. The highest BCUT2D eigenvalue weighted by Crippen LogP contribution is 2.27. The molecule has 124 valence electrons. The zero-order chi connectivity index (χ0) is 17.6. The maximum atomic E-state index is 13.6. The van der Waals surface area contributed by atoms with E-state index < -0.39 is 5.82 Å². The van der Waals surface area contributed by atoms with Crippen LogP contribution in [-0.4, -0.2) is 20.9 Å². The number of nitrogens with one attached hydrogen (secondary N) is 1. The lowest BCUT2D eigenvalue weighted by molar-refractivity contribution is -0.116. The maximum Gasteiger partial charge on any atom is 0.246 e. The molecule has 25 heavy (non-hydrogen) atoms. The zero-order valence-corrected chi connectivity index (χ0v) is 12.9. The van der Waals surface area contributed by atoms with Gasteiger partial charge in [0, 0.05) is 11.9 Å². The molecule has 0 spiro atoms. The molecule has 0 fully saturated rings. The van der Waals surface area contributed by atoms with Crippen molar-refractivity contribution in [3.05, 3.63) is 66.2 Å². The molecule has 1 aromatic heterocycles. The van der Waals surface area contributed by atoms with E-state index in [2.05, 4.69) is 15.6 Å². The molecule has 0 saturated heterocycles. The standard InChI is InChI=1S/C17H12FN5O2/c18-15-2-1-3-16(14(15)10-19)25-13-6-4-12(5-7-13)21-17(24)11-23-9-8-20-22-23/h1-9H,11H2,(H,21,24). The van der Waals surface area contributed by atoms with Gasteiger partial charge in [-0.3, -0.25) is 4.79 Å². The number of ether oxygens (including phenoxy) is 1. The van der Waals surface area contributed by atoms with Crippen LogP contribution in [0.4, 0.5) is 10.1 Å². The first kappa shape index (κ1) is 16.1. The molecule has 0 aliphatic heterocycles. The quantitative estimate of drug-likeness (QED) is 0.773. The predicted molar refractivity (Wildman–Crippen MR) is 86.3 cm³/mol. The first-order chi connectivity index (χ1) is 12.2. The number of hydrogen-bond acceptors (Lipinski definition) is 5. The van der Waals surface area contributed by atoms with Crippen LogP contribution in [0, 0.1) is 17.1 Å². The third-order valence-electron chi connectivity index (χ3n) is 3.23. The largest absolute Gasteiger partial charge is 0.456 e. The number of halogens is 1. The summed E-state index contributed by atoms with van der Waals surface area (Å²) in [6, 6.07) is 12.4. The summed E-state index contributed by atoms with van der Waals surface area (Å²) in [5, 5.41) is 19.0.